The van der Waals surface area contributed by atoms with Gasteiger partial charge in [0.2, 0.25) is 0 Å². The third-order valence-electron chi connectivity index (χ3n) is 5.01. The molecule has 0 bridgehead atoms. The lowest BCUT2D eigenvalue weighted by molar-refractivity contribution is 0.160. The zero-order valence-corrected chi connectivity index (χ0v) is 13.5. The number of aromatic nitrogens is 4. The monoisotopic (exact) mass is 329 g/mol. The molecule has 2 aliphatic heterocycles. The molecule has 2 aromatic rings. The summed E-state index contributed by atoms with van der Waals surface area (Å²) in [4.78, 5) is 30.2. The Morgan fingerprint density at radius 2 is 2.17 bits per heavy atom. The van der Waals surface area contributed by atoms with Crippen LogP contribution in [0, 0.1) is 12.3 Å². The van der Waals surface area contributed by atoms with Gasteiger partial charge in [-0.1, -0.05) is 0 Å². The fraction of sp³-hybridized carbons (Fsp3) is 0.500. The lowest BCUT2D eigenvalue weighted by Crippen LogP contribution is -2.28. The zero-order valence-electron chi connectivity index (χ0n) is 13.5. The fourth-order valence-corrected chi connectivity index (χ4v) is 3.61. The molecule has 2 aromatic heterocycles. The summed E-state index contributed by atoms with van der Waals surface area (Å²) in [6.07, 6.45) is 3.57. The lowest BCUT2D eigenvalue weighted by Gasteiger charge is -2.24. The minimum Gasteiger partial charge on any atom is -0.381 e. The van der Waals surface area contributed by atoms with E-state index in [0.717, 1.165) is 50.5 Å². The largest absolute Gasteiger partial charge is 0.381 e. The summed E-state index contributed by atoms with van der Waals surface area (Å²) in [6, 6.07) is 1.88. The molecule has 4 heterocycles. The Balaban J connectivity index is 1.69. The van der Waals surface area contributed by atoms with Crippen LogP contribution >= 0.6 is 0 Å². The number of H-pyrrole nitrogens is 2. The average molecular weight is 329 g/mol. The topological polar surface area (TPSA) is 104 Å². The first-order valence-electron chi connectivity index (χ1n) is 8.06. The molecule has 0 aliphatic carbocycles. The van der Waals surface area contributed by atoms with Gasteiger partial charge in [-0.15, -0.1) is 5.10 Å². The summed E-state index contributed by atoms with van der Waals surface area (Å²) in [7, 11) is 0. The minimum absolute atomic E-state index is 0.241. The fourth-order valence-electron chi connectivity index (χ4n) is 3.61. The van der Waals surface area contributed by atoms with Gasteiger partial charge in [-0.05, 0) is 25.8 Å². The summed E-state index contributed by atoms with van der Waals surface area (Å²) < 4.78 is 5.58. The Kier molecular flexibility index (Phi) is 3.49. The standard InChI is InChI=1S/C16H19N5O3/c1-10-13(21-4-2-16(8-21)3-5-24-9-16)6-12(20-19-10)11-7-17-15(23)18-14(11)22/h6-7H,2-5,8-9H2,1H3,(H2,17,18,22,23). The van der Waals surface area contributed by atoms with Crippen molar-refractivity contribution >= 4 is 5.69 Å². The van der Waals surface area contributed by atoms with Gasteiger partial charge >= 0.3 is 5.69 Å². The van der Waals surface area contributed by atoms with Crippen molar-refractivity contribution in [1.29, 1.82) is 0 Å². The van der Waals surface area contributed by atoms with Crippen molar-refractivity contribution < 1.29 is 4.74 Å². The van der Waals surface area contributed by atoms with E-state index in [0.29, 0.717) is 11.3 Å². The first-order valence-corrected chi connectivity index (χ1v) is 8.06. The molecular formula is C16H19N5O3. The summed E-state index contributed by atoms with van der Waals surface area (Å²) in [5, 5.41) is 8.33. The molecule has 126 valence electrons. The summed E-state index contributed by atoms with van der Waals surface area (Å²) in [6.45, 7) is 5.44. The molecule has 2 aliphatic rings. The molecule has 8 nitrogen and oxygen atoms in total. The number of aryl methyl sites for hydroxylation is 1. The molecule has 0 radical (unpaired) electrons. The number of ether oxygens (including phenoxy) is 1. The predicted octanol–water partition coefficient (Wildman–Crippen LogP) is 0.445. The first kappa shape index (κ1) is 15.1. The van der Waals surface area contributed by atoms with Crippen LogP contribution < -0.4 is 16.1 Å². The second-order valence-corrected chi connectivity index (χ2v) is 6.66. The highest BCUT2D eigenvalue weighted by atomic mass is 16.5. The van der Waals surface area contributed by atoms with Crippen LogP contribution in [0.3, 0.4) is 0 Å². The molecule has 1 unspecified atom stereocenters. The van der Waals surface area contributed by atoms with E-state index >= 15 is 0 Å². The number of anilines is 1. The summed E-state index contributed by atoms with van der Waals surface area (Å²) >= 11 is 0. The van der Waals surface area contributed by atoms with Crippen LogP contribution in [0.1, 0.15) is 18.5 Å². The van der Waals surface area contributed by atoms with E-state index in [-0.39, 0.29) is 5.41 Å². The van der Waals surface area contributed by atoms with Crippen LogP contribution in [0.15, 0.2) is 21.9 Å². The van der Waals surface area contributed by atoms with Crippen molar-refractivity contribution in [3.8, 4) is 11.3 Å². The van der Waals surface area contributed by atoms with Crippen molar-refractivity contribution in [3.05, 3.63) is 38.8 Å². The van der Waals surface area contributed by atoms with E-state index < -0.39 is 11.2 Å². The van der Waals surface area contributed by atoms with E-state index in [4.69, 9.17) is 4.74 Å². The molecule has 0 amide bonds. The van der Waals surface area contributed by atoms with E-state index in [1.807, 2.05) is 13.0 Å². The minimum atomic E-state index is -0.535. The maximum absolute atomic E-state index is 12.0. The van der Waals surface area contributed by atoms with Crippen molar-refractivity contribution in [2.75, 3.05) is 31.2 Å². The molecule has 24 heavy (non-hydrogen) atoms. The summed E-state index contributed by atoms with van der Waals surface area (Å²) in [5.41, 5.74) is 1.81. The van der Waals surface area contributed by atoms with Gasteiger partial charge in [-0.2, -0.15) is 5.10 Å². The van der Waals surface area contributed by atoms with Crippen molar-refractivity contribution in [2.24, 2.45) is 5.41 Å². The molecule has 0 saturated carbocycles. The molecule has 2 fully saturated rings. The highest BCUT2D eigenvalue weighted by molar-refractivity contribution is 5.64. The van der Waals surface area contributed by atoms with Gasteiger partial charge in [0, 0.05) is 31.3 Å². The van der Waals surface area contributed by atoms with E-state index in [1.165, 1.54) is 6.20 Å². The van der Waals surface area contributed by atoms with Crippen molar-refractivity contribution in [2.45, 2.75) is 19.8 Å². The van der Waals surface area contributed by atoms with Crippen LogP contribution in [0.2, 0.25) is 0 Å². The van der Waals surface area contributed by atoms with Crippen molar-refractivity contribution in [1.82, 2.24) is 20.2 Å². The van der Waals surface area contributed by atoms with Crippen LogP contribution in [-0.2, 0) is 4.74 Å². The van der Waals surface area contributed by atoms with Gasteiger partial charge in [0.1, 0.15) is 5.69 Å². The Morgan fingerprint density at radius 1 is 1.29 bits per heavy atom. The highest BCUT2D eigenvalue weighted by Gasteiger charge is 2.41. The average Bonchev–Trinajstić information content (AvgIpc) is 3.19. The molecule has 8 heteroatoms. The molecular weight excluding hydrogens is 310 g/mol. The van der Waals surface area contributed by atoms with Gasteiger partial charge in [0.15, 0.2) is 0 Å². The Morgan fingerprint density at radius 3 is 2.92 bits per heavy atom. The first-order chi connectivity index (χ1) is 11.6. The smallest absolute Gasteiger partial charge is 0.325 e. The van der Waals surface area contributed by atoms with Gasteiger partial charge in [-0.25, -0.2) is 4.79 Å². The Hall–Kier alpha value is -2.48. The van der Waals surface area contributed by atoms with Gasteiger partial charge in [0.25, 0.3) is 5.56 Å². The van der Waals surface area contributed by atoms with Crippen LogP contribution in [0.25, 0.3) is 11.3 Å². The second kappa shape index (κ2) is 5.55. The number of rotatable bonds is 2. The number of nitrogens with zero attached hydrogens (tertiary/aromatic N) is 3. The quantitative estimate of drug-likeness (QED) is 0.829. The Bertz CT molecular complexity index is 882. The number of hydrogen-bond acceptors (Lipinski definition) is 6. The van der Waals surface area contributed by atoms with E-state index in [2.05, 4.69) is 25.1 Å². The number of hydrogen-bond donors (Lipinski definition) is 2. The summed E-state index contributed by atoms with van der Waals surface area (Å²) in [5.74, 6) is 0. The lowest BCUT2D eigenvalue weighted by atomic mass is 9.87. The normalized spacial score (nSPS) is 23.3. The molecule has 1 atom stereocenters. The van der Waals surface area contributed by atoms with E-state index in [1.54, 1.807) is 0 Å². The molecule has 2 saturated heterocycles. The predicted molar refractivity (Wildman–Crippen MR) is 88.1 cm³/mol. The molecule has 4 rings (SSSR count). The molecule has 0 aromatic carbocycles. The highest BCUT2D eigenvalue weighted by Crippen LogP contribution is 2.40. The van der Waals surface area contributed by atoms with Crippen LogP contribution in [0.5, 0.6) is 0 Å². The SMILES string of the molecule is Cc1nnc(-c2c[nH]c(=O)[nH]c2=O)cc1N1CCC2(CCOC2)C1. The zero-order chi connectivity index (χ0) is 16.7. The van der Waals surface area contributed by atoms with Gasteiger partial charge in [-0.3, -0.25) is 9.78 Å². The maximum atomic E-state index is 12.0. The van der Waals surface area contributed by atoms with Crippen LogP contribution in [0.4, 0.5) is 5.69 Å². The Labute approximate surface area is 137 Å². The number of nitrogens with one attached hydrogen (secondary N) is 2. The maximum Gasteiger partial charge on any atom is 0.325 e. The van der Waals surface area contributed by atoms with E-state index in [9.17, 15) is 9.59 Å². The number of aromatic amines is 2. The van der Waals surface area contributed by atoms with Crippen LogP contribution in [-0.4, -0.2) is 46.5 Å². The van der Waals surface area contributed by atoms with Gasteiger partial charge < -0.3 is 14.6 Å². The molecule has 2 N–H and O–H groups in total. The third-order valence-corrected chi connectivity index (χ3v) is 5.01. The van der Waals surface area contributed by atoms with Gasteiger partial charge in [0.05, 0.1) is 23.6 Å². The van der Waals surface area contributed by atoms with Crippen molar-refractivity contribution in [3.63, 3.8) is 0 Å². The molecule has 1 spiro atoms. The third kappa shape index (κ3) is 2.52. The second-order valence-electron chi connectivity index (χ2n) is 6.66.